The zero-order valence-electron chi connectivity index (χ0n) is 9.39. The third-order valence-corrected chi connectivity index (χ3v) is 3.73. The van der Waals surface area contributed by atoms with Gasteiger partial charge in [0.25, 0.3) is 0 Å². The SMILES string of the molecule is NNC(c1cc2cccc(F)c2o1)c1cccs1. The largest absolute Gasteiger partial charge is 0.456 e. The van der Waals surface area contributed by atoms with Crippen molar-refractivity contribution < 1.29 is 8.81 Å². The second-order valence-corrected chi connectivity index (χ2v) is 4.90. The Bertz CT molecular complexity index is 663. The van der Waals surface area contributed by atoms with Gasteiger partial charge in [0.15, 0.2) is 11.4 Å². The van der Waals surface area contributed by atoms with Crippen LogP contribution in [0.3, 0.4) is 0 Å². The van der Waals surface area contributed by atoms with E-state index >= 15 is 0 Å². The van der Waals surface area contributed by atoms with Gasteiger partial charge in [-0.1, -0.05) is 18.2 Å². The van der Waals surface area contributed by atoms with E-state index in [0.29, 0.717) is 5.76 Å². The maximum absolute atomic E-state index is 13.6. The molecule has 2 heterocycles. The number of benzene rings is 1. The van der Waals surface area contributed by atoms with Crippen molar-refractivity contribution in [3.05, 3.63) is 58.2 Å². The molecule has 3 nitrogen and oxygen atoms in total. The number of fused-ring (bicyclic) bond motifs is 1. The van der Waals surface area contributed by atoms with Gasteiger partial charge in [-0.3, -0.25) is 5.84 Å². The first-order chi connectivity index (χ1) is 8.79. The van der Waals surface area contributed by atoms with Crippen LogP contribution in [-0.4, -0.2) is 0 Å². The van der Waals surface area contributed by atoms with E-state index in [-0.39, 0.29) is 17.4 Å². The van der Waals surface area contributed by atoms with Crippen LogP contribution in [0, 0.1) is 5.82 Å². The Morgan fingerprint density at radius 3 is 2.83 bits per heavy atom. The quantitative estimate of drug-likeness (QED) is 0.563. The number of halogens is 1. The van der Waals surface area contributed by atoms with E-state index in [1.165, 1.54) is 6.07 Å². The van der Waals surface area contributed by atoms with Crippen molar-refractivity contribution in [2.24, 2.45) is 5.84 Å². The Morgan fingerprint density at radius 2 is 2.17 bits per heavy atom. The number of rotatable bonds is 3. The van der Waals surface area contributed by atoms with Crippen molar-refractivity contribution in [3.8, 4) is 0 Å². The molecule has 0 radical (unpaired) electrons. The second-order valence-electron chi connectivity index (χ2n) is 3.92. The number of nitrogens with one attached hydrogen (secondary N) is 1. The number of hydrogen-bond acceptors (Lipinski definition) is 4. The van der Waals surface area contributed by atoms with Crippen LogP contribution < -0.4 is 11.3 Å². The molecule has 1 atom stereocenters. The Morgan fingerprint density at radius 1 is 1.28 bits per heavy atom. The summed E-state index contributed by atoms with van der Waals surface area (Å²) >= 11 is 1.57. The number of nitrogens with two attached hydrogens (primary N) is 1. The van der Waals surface area contributed by atoms with E-state index in [2.05, 4.69) is 5.43 Å². The molecule has 0 bridgehead atoms. The lowest BCUT2D eigenvalue weighted by molar-refractivity contribution is 0.468. The first-order valence-corrected chi connectivity index (χ1v) is 6.35. The van der Waals surface area contributed by atoms with Gasteiger partial charge in [0.05, 0.1) is 0 Å². The van der Waals surface area contributed by atoms with Gasteiger partial charge in [-0.05, 0) is 23.6 Å². The molecule has 0 aliphatic rings. The number of hydrogen-bond donors (Lipinski definition) is 2. The molecule has 0 saturated carbocycles. The summed E-state index contributed by atoms with van der Waals surface area (Å²) in [5.41, 5.74) is 2.96. The first-order valence-electron chi connectivity index (χ1n) is 5.47. The standard InChI is InChI=1S/C13H11FN2OS/c14-9-4-1-3-8-7-10(17-13(8)9)12(16-15)11-5-2-6-18-11/h1-7,12,16H,15H2. The van der Waals surface area contributed by atoms with Crippen LogP contribution in [0.2, 0.25) is 0 Å². The zero-order valence-corrected chi connectivity index (χ0v) is 10.2. The lowest BCUT2D eigenvalue weighted by Gasteiger charge is -2.10. The van der Waals surface area contributed by atoms with Crippen molar-refractivity contribution in [1.82, 2.24) is 5.43 Å². The summed E-state index contributed by atoms with van der Waals surface area (Å²) in [6.07, 6.45) is 0. The Labute approximate surface area is 107 Å². The lowest BCUT2D eigenvalue weighted by Crippen LogP contribution is -2.27. The highest BCUT2D eigenvalue weighted by molar-refractivity contribution is 7.10. The molecule has 18 heavy (non-hydrogen) atoms. The zero-order chi connectivity index (χ0) is 12.5. The van der Waals surface area contributed by atoms with Crippen molar-refractivity contribution in [2.75, 3.05) is 0 Å². The maximum atomic E-state index is 13.6. The smallest absolute Gasteiger partial charge is 0.169 e. The van der Waals surface area contributed by atoms with Crippen LogP contribution in [0.4, 0.5) is 4.39 Å². The van der Waals surface area contributed by atoms with Crippen LogP contribution in [0.25, 0.3) is 11.0 Å². The number of hydrazine groups is 1. The minimum absolute atomic E-state index is 0.253. The van der Waals surface area contributed by atoms with Crippen molar-refractivity contribution in [2.45, 2.75) is 6.04 Å². The van der Waals surface area contributed by atoms with Crippen LogP contribution in [0.5, 0.6) is 0 Å². The average Bonchev–Trinajstić information content (AvgIpc) is 3.00. The molecular formula is C13H11FN2OS. The molecule has 5 heteroatoms. The van der Waals surface area contributed by atoms with Gasteiger partial charge in [0.1, 0.15) is 11.8 Å². The molecule has 0 aliphatic heterocycles. The molecule has 0 saturated heterocycles. The van der Waals surface area contributed by atoms with E-state index in [1.807, 2.05) is 29.6 Å². The lowest BCUT2D eigenvalue weighted by atomic mass is 10.2. The Kier molecular flexibility index (Phi) is 2.87. The summed E-state index contributed by atoms with van der Waals surface area (Å²) in [6.45, 7) is 0. The van der Waals surface area contributed by atoms with Gasteiger partial charge < -0.3 is 4.42 Å². The van der Waals surface area contributed by atoms with E-state index < -0.39 is 0 Å². The summed E-state index contributed by atoms with van der Waals surface area (Å²) in [6, 6.07) is 10.3. The predicted molar refractivity (Wildman–Crippen MR) is 69.7 cm³/mol. The molecule has 3 rings (SSSR count). The topological polar surface area (TPSA) is 51.2 Å². The summed E-state index contributed by atoms with van der Waals surface area (Å²) in [7, 11) is 0. The third-order valence-electron chi connectivity index (χ3n) is 2.79. The van der Waals surface area contributed by atoms with Gasteiger partial charge in [0.2, 0.25) is 0 Å². The molecule has 1 unspecified atom stereocenters. The van der Waals surface area contributed by atoms with Crippen LogP contribution >= 0.6 is 11.3 Å². The molecule has 0 spiro atoms. The molecular weight excluding hydrogens is 251 g/mol. The van der Waals surface area contributed by atoms with Crippen LogP contribution in [0.15, 0.2) is 46.2 Å². The van der Waals surface area contributed by atoms with Gasteiger partial charge >= 0.3 is 0 Å². The number of para-hydroxylation sites is 1. The van der Waals surface area contributed by atoms with Crippen molar-refractivity contribution in [1.29, 1.82) is 0 Å². The van der Waals surface area contributed by atoms with Gasteiger partial charge in [-0.25, -0.2) is 9.82 Å². The fraction of sp³-hybridized carbons (Fsp3) is 0.0769. The average molecular weight is 262 g/mol. The number of furan rings is 1. The second kappa shape index (κ2) is 4.53. The van der Waals surface area contributed by atoms with Crippen LogP contribution in [0.1, 0.15) is 16.7 Å². The van der Waals surface area contributed by atoms with E-state index in [4.69, 9.17) is 10.3 Å². The number of thiophene rings is 1. The molecule has 3 aromatic rings. The predicted octanol–water partition coefficient (Wildman–Crippen LogP) is 3.19. The summed E-state index contributed by atoms with van der Waals surface area (Å²) in [5.74, 6) is 5.81. The van der Waals surface area contributed by atoms with Gasteiger partial charge in [-0.2, -0.15) is 0 Å². The maximum Gasteiger partial charge on any atom is 0.169 e. The molecule has 1 aromatic carbocycles. The van der Waals surface area contributed by atoms with Gasteiger partial charge in [-0.15, -0.1) is 11.3 Å². The summed E-state index contributed by atoms with van der Waals surface area (Å²) < 4.78 is 19.1. The van der Waals surface area contributed by atoms with E-state index in [1.54, 1.807) is 17.4 Å². The highest BCUT2D eigenvalue weighted by Gasteiger charge is 2.19. The van der Waals surface area contributed by atoms with E-state index in [9.17, 15) is 4.39 Å². The summed E-state index contributed by atoms with van der Waals surface area (Å²) in [5, 5.41) is 2.70. The van der Waals surface area contributed by atoms with Gasteiger partial charge in [0, 0.05) is 10.3 Å². The van der Waals surface area contributed by atoms with Crippen molar-refractivity contribution >= 4 is 22.3 Å². The van der Waals surface area contributed by atoms with E-state index in [0.717, 1.165) is 10.3 Å². The Hall–Kier alpha value is -1.69. The molecule has 3 N–H and O–H groups in total. The highest BCUT2D eigenvalue weighted by atomic mass is 32.1. The van der Waals surface area contributed by atoms with Crippen LogP contribution in [-0.2, 0) is 0 Å². The molecule has 92 valence electrons. The molecule has 0 aliphatic carbocycles. The fourth-order valence-electron chi connectivity index (χ4n) is 1.95. The first kappa shape index (κ1) is 11.4. The summed E-state index contributed by atoms with van der Waals surface area (Å²) in [4.78, 5) is 1.02. The Balaban J connectivity index is 2.11. The minimum atomic E-state index is -0.360. The molecule has 0 amide bonds. The third kappa shape index (κ3) is 1.82. The van der Waals surface area contributed by atoms with Crippen molar-refractivity contribution in [3.63, 3.8) is 0 Å². The minimum Gasteiger partial charge on any atom is -0.456 e. The fourth-order valence-corrected chi connectivity index (χ4v) is 2.74. The molecule has 2 aromatic heterocycles. The normalized spacial score (nSPS) is 13.0. The monoisotopic (exact) mass is 262 g/mol. The molecule has 0 fully saturated rings. The highest BCUT2D eigenvalue weighted by Crippen LogP contribution is 2.30.